The van der Waals surface area contributed by atoms with E-state index in [1.54, 1.807) is 16.3 Å². The van der Waals surface area contributed by atoms with Gasteiger partial charge < -0.3 is 0 Å². The topological polar surface area (TPSA) is 0 Å². The highest BCUT2D eigenvalue weighted by molar-refractivity contribution is 6.96. The third kappa shape index (κ3) is 2.48. The van der Waals surface area contributed by atoms with Crippen LogP contribution in [-0.2, 0) is 0 Å². The lowest BCUT2D eigenvalue weighted by atomic mass is 9.90. The summed E-state index contributed by atoms with van der Waals surface area (Å²) in [6.45, 7) is 12.1. The average Bonchev–Trinajstić information content (AvgIpc) is 3.15. The molecule has 0 amide bonds. The number of hydrogen-bond acceptors (Lipinski definition) is 0. The molecule has 0 fully saturated rings. The van der Waals surface area contributed by atoms with Crippen LogP contribution in [0.5, 0.6) is 0 Å². The largest absolute Gasteiger partial charge is 0.0923 e. The molecule has 2 aliphatic carbocycles. The molecular formula is C24H28Si. The van der Waals surface area contributed by atoms with Crippen molar-refractivity contribution in [1.29, 1.82) is 0 Å². The Morgan fingerprint density at radius 3 is 2.08 bits per heavy atom. The zero-order valence-electron chi connectivity index (χ0n) is 16.0. The Kier molecular flexibility index (Phi) is 3.88. The second-order valence-corrected chi connectivity index (χ2v) is 13.2. The SMILES string of the molecule is CC1=CC([Si](C)(C)C2=CC(C(C)C)c3ccccc32)c2ccccc21. The maximum atomic E-state index is 2.62. The summed E-state index contributed by atoms with van der Waals surface area (Å²) in [5, 5.41) is 1.66. The molecular weight excluding hydrogens is 316 g/mol. The van der Waals surface area contributed by atoms with Crippen LogP contribution in [0, 0.1) is 5.92 Å². The van der Waals surface area contributed by atoms with Crippen LogP contribution in [0.2, 0.25) is 13.1 Å². The fraction of sp³-hybridized carbons (Fsp3) is 0.333. The lowest BCUT2D eigenvalue weighted by molar-refractivity contribution is 0.584. The fourth-order valence-electron chi connectivity index (χ4n) is 4.83. The minimum atomic E-state index is -1.68. The summed E-state index contributed by atoms with van der Waals surface area (Å²) in [4.78, 5) is 0. The van der Waals surface area contributed by atoms with E-state index in [9.17, 15) is 0 Å². The summed E-state index contributed by atoms with van der Waals surface area (Å²) in [6.07, 6.45) is 5.16. The van der Waals surface area contributed by atoms with Gasteiger partial charge >= 0.3 is 0 Å². The molecule has 0 radical (unpaired) electrons. The lowest BCUT2D eigenvalue weighted by Crippen LogP contribution is -2.35. The van der Waals surface area contributed by atoms with Crippen molar-refractivity contribution in [2.75, 3.05) is 0 Å². The minimum absolute atomic E-state index is 0.569. The fourth-order valence-corrected chi connectivity index (χ4v) is 8.39. The highest BCUT2D eigenvalue weighted by Gasteiger charge is 2.42. The maximum absolute atomic E-state index is 2.62. The number of benzene rings is 2. The molecule has 2 atom stereocenters. The molecule has 0 nitrogen and oxygen atoms in total. The van der Waals surface area contributed by atoms with E-state index >= 15 is 0 Å². The van der Waals surface area contributed by atoms with E-state index in [0.29, 0.717) is 17.4 Å². The molecule has 2 aliphatic rings. The molecule has 0 bridgehead atoms. The van der Waals surface area contributed by atoms with Gasteiger partial charge in [0.2, 0.25) is 0 Å². The Morgan fingerprint density at radius 2 is 1.40 bits per heavy atom. The van der Waals surface area contributed by atoms with Crippen LogP contribution >= 0.6 is 0 Å². The Bertz CT molecular complexity index is 882. The number of hydrogen-bond donors (Lipinski definition) is 0. The van der Waals surface area contributed by atoms with Gasteiger partial charge in [-0.05, 0) is 40.7 Å². The van der Waals surface area contributed by atoms with Gasteiger partial charge in [0.25, 0.3) is 0 Å². The van der Waals surface area contributed by atoms with Crippen LogP contribution in [0.15, 0.2) is 60.7 Å². The van der Waals surface area contributed by atoms with Crippen LogP contribution in [-0.4, -0.2) is 8.07 Å². The highest BCUT2D eigenvalue weighted by Crippen LogP contribution is 2.50. The first-order chi connectivity index (χ1) is 11.9. The van der Waals surface area contributed by atoms with Crippen molar-refractivity contribution < 1.29 is 0 Å². The second-order valence-electron chi connectivity index (χ2n) is 8.57. The molecule has 25 heavy (non-hydrogen) atoms. The second kappa shape index (κ2) is 5.84. The first-order valence-corrected chi connectivity index (χ1v) is 12.6. The summed E-state index contributed by atoms with van der Waals surface area (Å²) in [6, 6.07) is 18.1. The molecule has 0 aliphatic heterocycles. The Balaban J connectivity index is 1.83. The van der Waals surface area contributed by atoms with E-state index in [4.69, 9.17) is 0 Å². The predicted octanol–water partition coefficient (Wildman–Crippen LogP) is 6.81. The van der Waals surface area contributed by atoms with Crippen molar-refractivity contribution >= 4 is 18.8 Å². The highest BCUT2D eigenvalue weighted by atomic mass is 28.3. The zero-order valence-corrected chi connectivity index (χ0v) is 17.0. The number of allylic oxidation sites excluding steroid dienone is 3. The molecule has 2 aromatic rings. The normalized spacial score (nSPS) is 21.8. The van der Waals surface area contributed by atoms with Crippen LogP contribution < -0.4 is 0 Å². The van der Waals surface area contributed by atoms with Gasteiger partial charge in [-0.3, -0.25) is 0 Å². The lowest BCUT2D eigenvalue weighted by Gasteiger charge is -2.32. The standard InChI is InChI=1S/C24H28Si/c1-16(2)22-15-24(21-13-9-7-11-19(21)22)25(4,5)23-14-17(3)18-10-6-8-12-20(18)23/h6-16,22-23H,1-5H3. The first-order valence-electron chi connectivity index (χ1n) is 9.50. The van der Waals surface area contributed by atoms with Gasteiger partial charge in [-0.1, -0.05) is 92.8 Å². The Hall–Kier alpha value is -1.86. The molecule has 0 spiro atoms. The molecule has 0 saturated heterocycles. The van der Waals surface area contributed by atoms with Gasteiger partial charge in [0.05, 0.1) is 8.07 Å². The van der Waals surface area contributed by atoms with E-state index in [1.807, 2.05) is 0 Å². The summed E-state index contributed by atoms with van der Waals surface area (Å²) in [5.41, 5.74) is 8.10. The number of fused-ring (bicyclic) bond motifs is 2. The van der Waals surface area contributed by atoms with E-state index < -0.39 is 8.07 Å². The van der Waals surface area contributed by atoms with Gasteiger partial charge in [-0.25, -0.2) is 0 Å². The molecule has 0 N–H and O–H groups in total. The average molecular weight is 345 g/mol. The number of rotatable bonds is 3. The molecule has 2 aromatic carbocycles. The van der Waals surface area contributed by atoms with Crippen molar-refractivity contribution in [3.05, 3.63) is 82.9 Å². The van der Waals surface area contributed by atoms with E-state index in [1.165, 1.54) is 16.7 Å². The molecule has 0 heterocycles. The predicted molar refractivity (Wildman–Crippen MR) is 112 cm³/mol. The van der Waals surface area contributed by atoms with Gasteiger partial charge in [-0.2, -0.15) is 0 Å². The molecule has 0 saturated carbocycles. The van der Waals surface area contributed by atoms with Crippen molar-refractivity contribution in [2.24, 2.45) is 5.92 Å². The molecule has 1 heteroatoms. The molecule has 128 valence electrons. The first kappa shape index (κ1) is 16.6. The van der Waals surface area contributed by atoms with Crippen LogP contribution in [0.25, 0.3) is 10.8 Å². The van der Waals surface area contributed by atoms with Crippen molar-refractivity contribution in [1.82, 2.24) is 0 Å². The quantitative estimate of drug-likeness (QED) is 0.536. The summed E-state index contributed by atoms with van der Waals surface area (Å²) in [7, 11) is -1.68. The zero-order chi connectivity index (χ0) is 17.8. The van der Waals surface area contributed by atoms with E-state index in [0.717, 1.165) is 0 Å². The maximum Gasteiger partial charge on any atom is 0.0923 e. The third-order valence-electron chi connectivity index (χ3n) is 6.28. The van der Waals surface area contributed by atoms with Crippen molar-refractivity contribution in [3.63, 3.8) is 0 Å². The van der Waals surface area contributed by atoms with Gasteiger partial charge in [0, 0.05) is 11.5 Å². The third-order valence-corrected chi connectivity index (χ3v) is 10.1. The monoisotopic (exact) mass is 344 g/mol. The summed E-state index contributed by atoms with van der Waals surface area (Å²) in [5.74, 6) is 1.22. The van der Waals surface area contributed by atoms with Crippen LogP contribution in [0.1, 0.15) is 54.5 Å². The smallest absolute Gasteiger partial charge is 0.0768 e. The summed E-state index contributed by atoms with van der Waals surface area (Å²) >= 11 is 0. The van der Waals surface area contributed by atoms with Crippen LogP contribution in [0.3, 0.4) is 0 Å². The van der Waals surface area contributed by atoms with E-state index in [-0.39, 0.29) is 0 Å². The van der Waals surface area contributed by atoms with E-state index in [2.05, 4.69) is 94.5 Å². The molecule has 4 rings (SSSR count). The van der Waals surface area contributed by atoms with Gasteiger partial charge in [0.1, 0.15) is 0 Å². The van der Waals surface area contributed by atoms with Crippen LogP contribution in [0.4, 0.5) is 0 Å². The molecule has 0 aromatic heterocycles. The summed E-state index contributed by atoms with van der Waals surface area (Å²) < 4.78 is 0. The van der Waals surface area contributed by atoms with Gasteiger partial charge in [-0.15, -0.1) is 0 Å². The van der Waals surface area contributed by atoms with Gasteiger partial charge in [0.15, 0.2) is 0 Å². The minimum Gasteiger partial charge on any atom is -0.0768 e. The Morgan fingerprint density at radius 1 is 0.800 bits per heavy atom. The van der Waals surface area contributed by atoms with Crippen molar-refractivity contribution in [2.45, 2.75) is 45.3 Å². The molecule has 2 unspecified atom stereocenters. The van der Waals surface area contributed by atoms with Crippen molar-refractivity contribution in [3.8, 4) is 0 Å². The Labute approximate surface area is 153 Å².